The Morgan fingerprint density at radius 1 is 0.703 bits per heavy atom. The fourth-order valence-electron chi connectivity index (χ4n) is 11.6. The van der Waals surface area contributed by atoms with Gasteiger partial charge >= 0.3 is 5.97 Å². The van der Waals surface area contributed by atoms with Gasteiger partial charge in [-0.3, -0.25) is 28.9 Å². The van der Waals surface area contributed by atoms with E-state index in [4.69, 9.17) is 42.6 Å². The van der Waals surface area contributed by atoms with Gasteiger partial charge in [-0.05, 0) is 56.2 Å². The number of hydrogen-bond donors (Lipinski definition) is 3. The number of H-pyrrole nitrogens is 1. The fraction of sp³-hybridized carbons (Fsp3) is 0.565. The van der Waals surface area contributed by atoms with Crippen LogP contribution in [0.4, 0.5) is 13.2 Å². The van der Waals surface area contributed by atoms with Crippen molar-refractivity contribution in [2.75, 3.05) is 185 Å². The van der Waals surface area contributed by atoms with Gasteiger partial charge in [-0.25, -0.2) is 27.8 Å². The molecule has 4 aromatic heterocycles. The summed E-state index contributed by atoms with van der Waals surface area (Å²) in [5.41, 5.74) is 4.50. The molecule has 1 aliphatic carbocycles. The van der Waals surface area contributed by atoms with Crippen molar-refractivity contribution in [3.05, 3.63) is 113 Å². The molecule has 2 saturated heterocycles. The third-order valence-electron chi connectivity index (χ3n) is 17.3. The van der Waals surface area contributed by atoms with Gasteiger partial charge in [-0.15, -0.1) is 10.2 Å². The Labute approximate surface area is 584 Å². The number of halogens is 3. The number of esters is 1. The Balaban J connectivity index is 0.550. The zero-order valence-corrected chi connectivity index (χ0v) is 57.6. The molecule has 0 atom stereocenters. The number of nitrogens with zero attached hydrogens (tertiary/aromatic N) is 11. The summed E-state index contributed by atoms with van der Waals surface area (Å²) in [7, 11) is 3.35. The van der Waals surface area contributed by atoms with E-state index < -0.39 is 46.8 Å². The number of carbonyl (C=O) groups excluding carboxylic acids is 5. The summed E-state index contributed by atoms with van der Waals surface area (Å²) in [6, 6.07) is 10.9. The average Bonchev–Trinajstić information content (AvgIpc) is 1.63. The number of nitrogens with one attached hydrogen (secondary N) is 3. The summed E-state index contributed by atoms with van der Waals surface area (Å²) in [5, 5.41) is 19.3. The van der Waals surface area contributed by atoms with Crippen LogP contribution in [0.15, 0.2) is 73.0 Å². The lowest BCUT2D eigenvalue weighted by Gasteiger charge is -2.35. The molecule has 0 radical (unpaired) electrons. The lowest BCUT2D eigenvalue weighted by molar-refractivity contribution is -0.138. The Morgan fingerprint density at radius 3 is 1.93 bits per heavy atom. The maximum atomic E-state index is 13.9. The number of piperazine rings is 1. The van der Waals surface area contributed by atoms with Gasteiger partial charge in [0, 0.05) is 102 Å². The minimum atomic E-state index is -1.31. The molecule has 6 aromatic rings. The third kappa shape index (κ3) is 23.9. The topological polar surface area (TPSA) is 305 Å². The van der Waals surface area contributed by atoms with E-state index in [-0.39, 0.29) is 61.0 Å². The molecule has 1 saturated carbocycles. The number of aromatic nitrogens is 8. The molecule has 3 aliphatic rings. The van der Waals surface area contributed by atoms with E-state index >= 15 is 0 Å². The van der Waals surface area contributed by atoms with E-state index in [0.717, 1.165) is 76.2 Å². The number of likely N-dealkylation sites (tertiary alicyclic amines) is 1. The number of ether oxygens (including phenoxy) is 10. The molecule has 0 unspecified atom stereocenters. The molecule has 9 rings (SSSR count). The van der Waals surface area contributed by atoms with Crippen LogP contribution in [0.25, 0.3) is 22.4 Å². The number of piperidine rings is 1. The van der Waals surface area contributed by atoms with Gasteiger partial charge < -0.3 is 77.7 Å². The van der Waals surface area contributed by atoms with Gasteiger partial charge in [-0.2, -0.15) is 4.68 Å². The molecule has 6 heterocycles. The number of amides is 3. The summed E-state index contributed by atoms with van der Waals surface area (Å²) in [4.78, 5) is 86.7. The number of Topliss-reactive ketones (excluding diaryl/α,β-unsaturated/α-hetero) is 1. The molecular weight excluding hydrogens is 1320 g/mol. The van der Waals surface area contributed by atoms with Crippen LogP contribution in [0.1, 0.15) is 83.6 Å². The van der Waals surface area contributed by atoms with E-state index in [1.54, 1.807) is 15.8 Å². The lowest BCUT2D eigenvalue weighted by atomic mass is 9.84. The normalized spacial score (nSPS) is 14.5. The number of carbonyl (C=O) groups is 5. The summed E-state index contributed by atoms with van der Waals surface area (Å²) in [6.45, 7) is 14.0. The molecule has 2 aromatic carbocycles. The first kappa shape index (κ1) is 76.9. The predicted octanol–water partition coefficient (Wildman–Crippen LogP) is 4.68. The first-order valence-corrected chi connectivity index (χ1v) is 34.5. The number of pyridine rings is 1. The second-order valence-electron chi connectivity index (χ2n) is 24.2. The highest BCUT2D eigenvalue weighted by Crippen LogP contribution is 2.33. The van der Waals surface area contributed by atoms with Gasteiger partial charge in [0.05, 0.1) is 155 Å². The molecular formula is C69H93F3N14O15. The van der Waals surface area contributed by atoms with Crippen molar-refractivity contribution in [1.82, 2.24) is 70.0 Å². The molecule has 101 heavy (non-hydrogen) atoms. The fourth-order valence-corrected chi connectivity index (χ4v) is 11.6. The smallest absolute Gasteiger partial charge is 0.313 e. The van der Waals surface area contributed by atoms with E-state index in [2.05, 4.69) is 55.5 Å². The van der Waals surface area contributed by atoms with E-state index in [1.807, 2.05) is 42.3 Å². The summed E-state index contributed by atoms with van der Waals surface area (Å²) in [5.74, 6) is -6.69. The molecule has 2 aliphatic heterocycles. The number of hydrogen-bond acceptors (Lipinski definition) is 23. The molecule has 0 spiro atoms. The largest absolute Gasteiger partial charge is 0.494 e. The highest BCUT2D eigenvalue weighted by Gasteiger charge is 2.32. The van der Waals surface area contributed by atoms with Crippen molar-refractivity contribution >= 4 is 46.1 Å². The number of aromatic amines is 1. The average molecular weight is 1420 g/mol. The molecule has 550 valence electrons. The van der Waals surface area contributed by atoms with Gasteiger partial charge in [0.1, 0.15) is 23.6 Å². The molecule has 0 bridgehead atoms. The van der Waals surface area contributed by atoms with Crippen molar-refractivity contribution in [3.63, 3.8) is 0 Å². The van der Waals surface area contributed by atoms with Crippen molar-refractivity contribution in [3.8, 4) is 17.3 Å². The summed E-state index contributed by atoms with van der Waals surface area (Å²) in [6.07, 6.45) is 11.4. The standard InChI is InChI=1S/C69H93F3N14O15/c1-73-61(50-9-4-3-5-10-50)51-13-20-84(21-14-51)69(91)63(88)55-45-75-62-60(55)58(92-2)46-76-66(62)86-49-77-65(79-86)67(89)74-16-7-18-83(68(90)52-11-6-12-52)19-8-17-81-22-24-82(25-23-81)26-29-94-32-35-97-39-40-99-41-42-100-48-54-47-85(80-78-54)27-30-95-33-36-98-38-37-96-34-31-93-28-15-59(87)101-64-56(71)43-53(70)44-57(64)72/h3-5,9-10,43-47,49,52,73,75H,6-8,11-42,48H2,1-2H3,(H,74,89). The Bertz CT molecular complexity index is 3570. The second-order valence-corrected chi connectivity index (χ2v) is 24.2. The monoisotopic (exact) mass is 1410 g/mol. The number of benzene rings is 2. The van der Waals surface area contributed by atoms with Crippen LogP contribution in [0, 0.1) is 23.4 Å². The van der Waals surface area contributed by atoms with Gasteiger partial charge in [0.2, 0.25) is 17.5 Å². The maximum absolute atomic E-state index is 13.9. The van der Waals surface area contributed by atoms with Crippen molar-refractivity contribution in [2.45, 2.75) is 64.5 Å². The molecule has 3 fully saturated rings. The first-order valence-electron chi connectivity index (χ1n) is 34.5. The Morgan fingerprint density at radius 2 is 1.31 bits per heavy atom. The van der Waals surface area contributed by atoms with Crippen LogP contribution in [0.2, 0.25) is 0 Å². The van der Waals surface area contributed by atoms with Crippen LogP contribution in [0.3, 0.4) is 0 Å². The number of fused-ring (bicyclic) bond motifs is 1. The summed E-state index contributed by atoms with van der Waals surface area (Å²) >= 11 is 0. The SMILES string of the molecule is CNC(=C1CCN(C(=O)C(=O)c2c[nH]c3c(-n4cnc(C(=O)NCCCN(CCCN5CCN(CCOCCOCCOCCOCc6cn(CCOCCOCCOCCOCCC(=O)Oc7c(F)cc(F)cc7F)nn6)CC5)C(=O)C5CCC5)n4)ncc(OC)c23)CC1)c1ccccc1. The highest BCUT2D eigenvalue weighted by atomic mass is 19.1. The second kappa shape index (κ2) is 41.6. The van der Waals surface area contributed by atoms with Crippen LogP contribution in [-0.4, -0.2) is 274 Å². The Hall–Kier alpha value is -8.31. The maximum Gasteiger partial charge on any atom is 0.313 e. The predicted molar refractivity (Wildman–Crippen MR) is 360 cm³/mol. The van der Waals surface area contributed by atoms with Crippen LogP contribution in [-0.2, 0) is 65.4 Å². The van der Waals surface area contributed by atoms with Crippen molar-refractivity contribution in [2.24, 2.45) is 5.92 Å². The van der Waals surface area contributed by atoms with Gasteiger partial charge in [0.25, 0.3) is 17.6 Å². The van der Waals surface area contributed by atoms with Gasteiger partial charge in [0.15, 0.2) is 17.5 Å². The highest BCUT2D eigenvalue weighted by molar-refractivity contribution is 6.45. The first-order chi connectivity index (χ1) is 49.4. The van der Waals surface area contributed by atoms with E-state index in [0.29, 0.717) is 173 Å². The minimum Gasteiger partial charge on any atom is -0.494 e. The van der Waals surface area contributed by atoms with Gasteiger partial charge in [-0.1, -0.05) is 42.0 Å². The van der Waals surface area contributed by atoms with Crippen LogP contribution < -0.4 is 20.1 Å². The molecule has 3 amide bonds. The molecule has 29 nitrogen and oxygen atoms in total. The molecule has 32 heteroatoms. The summed E-state index contributed by atoms with van der Waals surface area (Å²) < 4.78 is 98.1. The number of rotatable bonds is 46. The van der Waals surface area contributed by atoms with E-state index in [1.165, 1.54) is 36.1 Å². The Kier molecular flexibility index (Phi) is 31.6. The quantitative estimate of drug-likeness (QED) is 0.0154. The lowest BCUT2D eigenvalue weighted by Crippen LogP contribution is -2.48. The van der Waals surface area contributed by atoms with E-state index in [9.17, 15) is 37.1 Å². The van der Waals surface area contributed by atoms with Crippen molar-refractivity contribution in [1.29, 1.82) is 0 Å². The zero-order valence-electron chi connectivity index (χ0n) is 57.6. The van der Waals surface area contributed by atoms with Crippen molar-refractivity contribution < 1.29 is 84.5 Å². The molecule has 3 N–H and O–H groups in total. The zero-order chi connectivity index (χ0) is 71.0. The van der Waals surface area contributed by atoms with Crippen LogP contribution in [0.5, 0.6) is 11.5 Å². The number of methoxy groups -OCH3 is 1. The third-order valence-corrected chi connectivity index (χ3v) is 17.3. The number of ketones is 1. The van der Waals surface area contributed by atoms with Crippen LogP contribution >= 0.6 is 0 Å². The minimum absolute atomic E-state index is 0.0539.